The van der Waals surface area contributed by atoms with E-state index < -0.39 is 64.5 Å². The number of methoxy groups -OCH3 is 3. The lowest BCUT2D eigenvalue weighted by molar-refractivity contribution is -0.137. The number of benzene rings is 4. The molecular weight excluding hydrogens is 918 g/mol. The average molecular weight is 974 g/mol. The number of carbonyl (C=O) groups excluding carboxylic acids is 2. The Kier molecular flexibility index (Phi) is 13.6. The third-order valence-electron chi connectivity index (χ3n) is 13.0. The molecule has 12 nitrogen and oxygen atoms in total. The summed E-state index contributed by atoms with van der Waals surface area (Å²) in [7, 11) is 6.29. The van der Waals surface area contributed by atoms with Crippen LogP contribution < -0.4 is 28.7 Å². The Labute approximate surface area is 404 Å². The van der Waals surface area contributed by atoms with E-state index in [-0.39, 0.29) is 65.8 Å². The van der Waals surface area contributed by atoms with Gasteiger partial charge in [-0.1, -0.05) is 48.0 Å². The molecule has 0 N–H and O–H groups in total. The van der Waals surface area contributed by atoms with Gasteiger partial charge >= 0.3 is 12.3 Å². The van der Waals surface area contributed by atoms with Crippen LogP contribution in [-0.4, -0.2) is 91.5 Å². The monoisotopic (exact) mass is 973 g/mol. The molecule has 0 unspecified atom stereocenters. The van der Waals surface area contributed by atoms with Gasteiger partial charge in [0.25, 0.3) is 5.91 Å². The van der Waals surface area contributed by atoms with Gasteiger partial charge in [0.15, 0.2) is 0 Å². The molecule has 4 aromatic carbocycles. The molecule has 2 saturated heterocycles. The molecule has 2 bridgehead atoms. The van der Waals surface area contributed by atoms with Crippen LogP contribution in [0, 0.1) is 12.7 Å². The molecule has 2 fully saturated rings. The van der Waals surface area contributed by atoms with E-state index in [1.165, 1.54) is 14.2 Å². The number of aromatic nitrogens is 1. The van der Waals surface area contributed by atoms with Crippen molar-refractivity contribution in [2.75, 3.05) is 44.7 Å². The summed E-state index contributed by atoms with van der Waals surface area (Å²) in [5.41, 5.74) is -1.53. The number of ether oxygens (including phenoxy) is 5. The first-order valence-electron chi connectivity index (χ1n) is 22.7. The molecular formula is C52H56ClF4N5O7. The zero-order chi connectivity index (χ0) is 49.7. The normalized spacial score (nSPS) is 18.7. The summed E-state index contributed by atoms with van der Waals surface area (Å²) in [6, 6.07) is 21.0. The second kappa shape index (κ2) is 19.2. The summed E-state index contributed by atoms with van der Waals surface area (Å²) in [5.74, 6) is -0.0435. The van der Waals surface area contributed by atoms with Crippen LogP contribution in [0.25, 0.3) is 11.3 Å². The lowest BCUT2D eigenvalue weighted by Crippen LogP contribution is -2.65. The Hall–Kier alpha value is -6.42. The highest BCUT2D eigenvalue weighted by atomic mass is 35.5. The molecule has 8 rings (SSSR count). The van der Waals surface area contributed by atoms with Crippen LogP contribution >= 0.6 is 11.6 Å². The van der Waals surface area contributed by atoms with Crippen molar-refractivity contribution in [2.45, 2.75) is 103 Å². The molecule has 0 aliphatic carbocycles. The summed E-state index contributed by atoms with van der Waals surface area (Å²) < 4.78 is 92.7. The van der Waals surface area contributed by atoms with Crippen molar-refractivity contribution >= 4 is 35.0 Å². The number of nitrogens with zero attached hydrogens (tertiary/aromatic N) is 5. The summed E-state index contributed by atoms with van der Waals surface area (Å²) in [4.78, 5) is 40.5. The molecule has 3 aliphatic rings. The predicted octanol–water partition coefficient (Wildman–Crippen LogP) is 11.1. The fourth-order valence-electron chi connectivity index (χ4n) is 9.87. The molecule has 1 aromatic heterocycles. The van der Waals surface area contributed by atoms with Crippen molar-refractivity contribution in [1.29, 1.82) is 0 Å². The summed E-state index contributed by atoms with van der Waals surface area (Å²) in [6.07, 6.45) is -5.25. The highest BCUT2D eigenvalue weighted by molar-refractivity contribution is 6.37. The van der Waals surface area contributed by atoms with Gasteiger partial charge in [-0.25, -0.2) is 14.2 Å². The number of piperazine rings is 1. The zero-order valence-corrected chi connectivity index (χ0v) is 40.8. The lowest BCUT2D eigenvalue weighted by atomic mass is 9.94. The van der Waals surface area contributed by atoms with Gasteiger partial charge in [0.1, 0.15) is 40.3 Å². The van der Waals surface area contributed by atoms with Crippen LogP contribution in [0.4, 0.5) is 33.7 Å². The number of hydrogen-bond acceptors (Lipinski definition) is 10. The quantitative estimate of drug-likeness (QED) is 0.112. The van der Waals surface area contributed by atoms with Gasteiger partial charge in [-0.15, -0.1) is 0 Å². The minimum Gasteiger partial charge on any atom is -0.497 e. The van der Waals surface area contributed by atoms with E-state index in [4.69, 9.17) is 40.3 Å². The summed E-state index contributed by atoms with van der Waals surface area (Å²) in [5, 5.41) is -0.275. The van der Waals surface area contributed by atoms with Crippen LogP contribution in [0.2, 0.25) is 5.02 Å². The standard InChI is InChI=1S/C52H56ClF4N5O7/c1-29-42(52(55,56)57)38(24-40(44(29)54)60(26-32-12-19-36(66-8)20-13-32)27-33-14-21-37(67-9)22-15-33)45-43(53)47(59(6)25-31-10-17-35(65-7)18-11-31)41-48(58-45)68-30(2)46-39-23-16-34(28-61(46)49(41)63)62(39)50(64)69-51(3,4)5/h10-15,17-22,24,30,34,39,46H,16,23,25-28H2,1-9H3/t30-,34+,39-,46+/m0/s1. The molecule has 5 aromatic rings. The number of rotatable bonds is 12. The Morgan fingerprint density at radius 3 is 1.87 bits per heavy atom. The van der Waals surface area contributed by atoms with Gasteiger partial charge in [-0.05, 0) is 112 Å². The molecule has 2 amide bonds. The van der Waals surface area contributed by atoms with Gasteiger partial charge < -0.3 is 38.4 Å². The smallest absolute Gasteiger partial charge is 0.417 e. The SMILES string of the molecule is COc1ccc(CN(C)c2c(Cl)c(-c3cc(N(Cc4ccc(OC)cc4)Cc4ccc(OC)cc4)c(F)c(C)c3C(F)(F)F)nc3c2C(=O)N2C[C@H]4CC[C@@H]([C@H]2[C@H](C)O3)N4C(=O)OC(C)(C)C)cc1. The highest BCUT2D eigenvalue weighted by Crippen LogP contribution is 2.50. The van der Waals surface area contributed by atoms with Crippen LogP contribution in [0.15, 0.2) is 78.9 Å². The second-order valence-electron chi connectivity index (χ2n) is 18.8. The molecule has 17 heteroatoms. The van der Waals surface area contributed by atoms with Crippen molar-refractivity contribution in [1.82, 2.24) is 14.8 Å². The lowest BCUT2D eigenvalue weighted by Gasteiger charge is -2.47. The number of anilines is 2. The van der Waals surface area contributed by atoms with Gasteiger partial charge in [-0.2, -0.15) is 13.2 Å². The largest absolute Gasteiger partial charge is 0.497 e. The Morgan fingerprint density at radius 1 is 0.855 bits per heavy atom. The third-order valence-corrected chi connectivity index (χ3v) is 13.4. The fourth-order valence-corrected chi connectivity index (χ4v) is 10.3. The van der Waals surface area contributed by atoms with Crippen molar-refractivity contribution < 1.29 is 50.8 Å². The van der Waals surface area contributed by atoms with Crippen LogP contribution in [0.5, 0.6) is 23.1 Å². The van der Waals surface area contributed by atoms with Gasteiger partial charge in [-0.3, -0.25) is 9.69 Å². The van der Waals surface area contributed by atoms with Gasteiger partial charge in [0.2, 0.25) is 5.88 Å². The van der Waals surface area contributed by atoms with Crippen LogP contribution in [0.3, 0.4) is 0 Å². The number of hydrogen-bond donors (Lipinski definition) is 0. The molecule has 69 heavy (non-hydrogen) atoms. The molecule has 0 saturated carbocycles. The molecule has 3 aliphatic heterocycles. The molecule has 4 heterocycles. The Balaban J connectivity index is 1.32. The number of halogens is 5. The Morgan fingerprint density at radius 2 is 1.38 bits per heavy atom. The minimum absolute atomic E-state index is 0.0486. The number of amides is 2. The van der Waals surface area contributed by atoms with Gasteiger partial charge in [0, 0.05) is 38.8 Å². The number of carbonyl (C=O) groups is 2. The van der Waals surface area contributed by atoms with Crippen molar-refractivity contribution in [3.8, 4) is 34.4 Å². The molecule has 0 radical (unpaired) electrons. The highest BCUT2D eigenvalue weighted by Gasteiger charge is 2.55. The van der Waals surface area contributed by atoms with Crippen molar-refractivity contribution in [3.63, 3.8) is 0 Å². The van der Waals surface area contributed by atoms with E-state index in [1.807, 2.05) is 12.1 Å². The van der Waals surface area contributed by atoms with E-state index in [0.29, 0.717) is 30.1 Å². The van der Waals surface area contributed by atoms with Crippen molar-refractivity contribution in [3.05, 3.63) is 123 Å². The fraction of sp³-hybridized carbons (Fsp3) is 0.404. The maximum absolute atomic E-state index is 17.1. The average Bonchev–Trinajstić information content (AvgIpc) is 3.56. The molecule has 0 spiro atoms. The van der Waals surface area contributed by atoms with Crippen molar-refractivity contribution in [2.24, 2.45) is 0 Å². The first-order valence-corrected chi connectivity index (χ1v) is 23.1. The summed E-state index contributed by atoms with van der Waals surface area (Å²) in [6.45, 7) is 8.63. The van der Waals surface area contributed by atoms with E-state index in [9.17, 15) is 4.79 Å². The topological polar surface area (TPSA) is 106 Å². The number of fused-ring (bicyclic) bond motifs is 5. The maximum Gasteiger partial charge on any atom is 0.417 e. The predicted molar refractivity (Wildman–Crippen MR) is 255 cm³/mol. The first-order chi connectivity index (χ1) is 32.7. The maximum atomic E-state index is 17.1. The zero-order valence-electron chi connectivity index (χ0n) is 40.0. The summed E-state index contributed by atoms with van der Waals surface area (Å²) >= 11 is 7.46. The van der Waals surface area contributed by atoms with Gasteiger partial charge in [0.05, 0.1) is 67.1 Å². The molecule has 366 valence electrons. The van der Waals surface area contributed by atoms with E-state index >= 15 is 22.4 Å². The third kappa shape index (κ3) is 9.77. The Bertz CT molecular complexity index is 2670. The second-order valence-corrected chi connectivity index (χ2v) is 19.1. The molecule has 4 atom stereocenters. The van der Waals surface area contributed by atoms with Crippen LogP contribution in [0.1, 0.15) is 78.7 Å². The number of alkyl halides is 3. The first kappa shape index (κ1) is 49.0. The van der Waals surface area contributed by atoms with Crippen LogP contribution in [-0.2, 0) is 30.5 Å². The number of pyridine rings is 1. The van der Waals surface area contributed by atoms with E-state index in [0.717, 1.165) is 29.7 Å². The van der Waals surface area contributed by atoms with E-state index in [2.05, 4.69) is 0 Å². The van der Waals surface area contributed by atoms with E-state index in [1.54, 1.807) is 122 Å². The minimum atomic E-state index is -5.10.